The summed E-state index contributed by atoms with van der Waals surface area (Å²) in [6.45, 7) is 2.93. The molecule has 0 fully saturated rings. The van der Waals surface area contributed by atoms with Crippen LogP contribution in [0.15, 0.2) is 23.1 Å². The Morgan fingerprint density at radius 1 is 1.44 bits per heavy atom. The number of nitrogens with two attached hydrogens (primary N) is 2. The molecule has 1 aromatic carbocycles. The van der Waals surface area contributed by atoms with Gasteiger partial charge in [0.25, 0.3) is 0 Å². The molecule has 0 amide bonds. The van der Waals surface area contributed by atoms with Crippen LogP contribution in [-0.4, -0.2) is 27.0 Å². The third-order valence-corrected chi connectivity index (χ3v) is 4.26. The van der Waals surface area contributed by atoms with Gasteiger partial charge in [-0.1, -0.05) is 6.92 Å². The first-order valence-corrected chi connectivity index (χ1v) is 8.43. The average Bonchev–Trinajstić information content (AvgIpc) is 2.26. The molecule has 0 aliphatic carbocycles. The first kappa shape index (κ1) is 15.1. The summed E-state index contributed by atoms with van der Waals surface area (Å²) in [7, 11) is -3.69. The Bertz CT molecular complexity index is 503. The second kappa shape index (κ2) is 6.31. The first-order valence-electron chi connectivity index (χ1n) is 5.49. The number of hydrogen-bond donors (Lipinski definition) is 3. The number of nitrogens with one attached hydrogen (secondary N) is 1. The van der Waals surface area contributed by atoms with Crippen LogP contribution in [0, 0.1) is 5.92 Å². The van der Waals surface area contributed by atoms with E-state index in [9.17, 15) is 8.42 Å². The summed E-state index contributed by atoms with van der Waals surface area (Å²) >= 11 is 1.79. The van der Waals surface area contributed by atoms with Crippen molar-refractivity contribution in [1.29, 1.82) is 0 Å². The van der Waals surface area contributed by atoms with E-state index in [0.29, 0.717) is 11.6 Å². The maximum atomic E-state index is 11.1. The van der Waals surface area contributed by atoms with Crippen LogP contribution in [0.2, 0.25) is 0 Å². The number of thioether (sulfide) groups is 1. The third kappa shape index (κ3) is 4.40. The van der Waals surface area contributed by atoms with E-state index in [4.69, 9.17) is 10.9 Å². The standard InChI is InChI=1S/C11H19N3O2S2/c1-8(7-17-2)6-14-11-4-3-9(5-10(11)12)18(13,15)16/h3-5,8,14H,6-7,12H2,1-2H3,(H2,13,15,16). The Balaban J connectivity index is 2.75. The van der Waals surface area contributed by atoms with Crippen LogP contribution >= 0.6 is 11.8 Å². The highest BCUT2D eigenvalue weighted by Crippen LogP contribution is 2.22. The topological polar surface area (TPSA) is 98.2 Å². The molecule has 1 rings (SSSR count). The maximum absolute atomic E-state index is 11.1. The van der Waals surface area contributed by atoms with Crippen molar-refractivity contribution in [2.45, 2.75) is 11.8 Å². The molecule has 1 atom stereocenters. The fraction of sp³-hybridized carbons (Fsp3) is 0.455. The minimum Gasteiger partial charge on any atom is -0.397 e. The van der Waals surface area contributed by atoms with Crippen molar-refractivity contribution in [3.8, 4) is 0 Å². The Morgan fingerprint density at radius 3 is 2.61 bits per heavy atom. The minimum atomic E-state index is -3.69. The SMILES string of the molecule is CSCC(C)CNc1ccc(S(N)(=O)=O)cc1N. The predicted molar refractivity (Wildman–Crippen MR) is 78.3 cm³/mol. The van der Waals surface area contributed by atoms with Crippen molar-refractivity contribution in [2.24, 2.45) is 11.1 Å². The summed E-state index contributed by atoms with van der Waals surface area (Å²) in [4.78, 5) is 0.0303. The summed E-state index contributed by atoms with van der Waals surface area (Å²) in [5.41, 5.74) is 6.91. The smallest absolute Gasteiger partial charge is 0.238 e. The van der Waals surface area contributed by atoms with E-state index in [1.54, 1.807) is 17.8 Å². The number of benzene rings is 1. The molecular weight excluding hydrogens is 270 g/mol. The van der Waals surface area contributed by atoms with Gasteiger partial charge < -0.3 is 11.1 Å². The summed E-state index contributed by atoms with van der Waals surface area (Å²) < 4.78 is 22.3. The van der Waals surface area contributed by atoms with Gasteiger partial charge in [-0.05, 0) is 36.1 Å². The summed E-state index contributed by atoms with van der Waals surface area (Å²) in [5.74, 6) is 1.57. The molecule has 5 nitrogen and oxygen atoms in total. The fourth-order valence-corrected chi connectivity index (χ4v) is 2.74. The van der Waals surface area contributed by atoms with Crippen LogP contribution in [0.4, 0.5) is 11.4 Å². The van der Waals surface area contributed by atoms with Crippen molar-refractivity contribution in [2.75, 3.05) is 29.6 Å². The lowest BCUT2D eigenvalue weighted by Gasteiger charge is -2.14. The molecule has 18 heavy (non-hydrogen) atoms. The van der Waals surface area contributed by atoms with Gasteiger partial charge in [-0.15, -0.1) is 0 Å². The number of nitrogen functional groups attached to an aromatic ring is 1. The highest BCUT2D eigenvalue weighted by atomic mass is 32.2. The third-order valence-electron chi connectivity index (χ3n) is 2.44. The Hall–Kier alpha value is -0.920. The molecule has 0 aliphatic rings. The number of hydrogen-bond acceptors (Lipinski definition) is 5. The maximum Gasteiger partial charge on any atom is 0.238 e. The zero-order chi connectivity index (χ0) is 13.8. The zero-order valence-corrected chi connectivity index (χ0v) is 12.1. The van der Waals surface area contributed by atoms with Crippen molar-refractivity contribution >= 4 is 33.2 Å². The molecular formula is C11H19N3O2S2. The van der Waals surface area contributed by atoms with Gasteiger partial charge in [0.05, 0.1) is 16.3 Å². The summed E-state index contributed by atoms with van der Waals surface area (Å²) in [6.07, 6.45) is 2.06. The number of rotatable bonds is 6. The van der Waals surface area contributed by atoms with Gasteiger partial charge in [0.1, 0.15) is 0 Å². The molecule has 0 saturated carbocycles. The summed E-state index contributed by atoms with van der Waals surface area (Å²) in [6, 6.07) is 4.46. The van der Waals surface area contributed by atoms with E-state index in [2.05, 4.69) is 18.5 Å². The van der Waals surface area contributed by atoms with Crippen LogP contribution in [0.25, 0.3) is 0 Å². The molecule has 1 unspecified atom stereocenters. The van der Waals surface area contributed by atoms with E-state index in [1.165, 1.54) is 12.1 Å². The quantitative estimate of drug-likeness (QED) is 0.686. The van der Waals surface area contributed by atoms with Gasteiger partial charge in [0, 0.05) is 6.54 Å². The molecule has 0 radical (unpaired) electrons. The van der Waals surface area contributed by atoms with Gasteiger partial charge in [0.15, 0.2) is 0 Å². The normalized spacial score (nSPS) is 13.3. The lowest BCUT2D eigenvalue weighted by Crippen LogP contribution is -2.15. The molecule has 0 heterocycles. The monoisotopic (exact) mass is 289 g/mol. The van der Waals surface area contributed by atoms with Crippen LogP contribution in [0.1, 0.15) is 6.92 Å². The molecule has 0 aliphatic heterocycles. The minimum absolute atomic E-state index is 0.0303. The summed E-state index contributed by atoms with van der Waals surface area (Å²) in [5, 5.41) is 8.23. The second-order valence-electron chi connectivity index (χ2n) is 4.24. The fourth-order valence-electron chi connectivity index (χ4n) is 1.51. The molecule has 7 heteroatoms. The highest BCUT2D eigenvalue weighted by Gasteiger charge is 2.10. The number of sulfonamides is 1. The molecule has 102 valence electrons. The van der Waals surface area contributed by atoms with Gasteiger partial charge in [-0.25, -0.2) is 13.6 Å². The molecule has 0 aromatic heterocycles. The van der Waals surface area contributed by atoms with Crippen LogP contribution < -0.4 is 16.2 Å². The van der Waals surface area contributed by atoms with Gasteiger partial charge >= 0.3 is 0 Å². The van der Waals surface area contributed by atoms with Crippen molar-refractivity contribution < 1.29 is 8.42 Å². The Labute approximate surface area is 112 Å². The van der Waals surface area contributed by atoms with Gasteiger partial charge in [-0.2, -0.15) is 11.8 Å². The highest BCUT2D eigenvalue weighted by molar-refractivity contribution is 7.98. The largest absolute Gasteiger partial charge is 0.397 e. The van der Waals surface area contributed by atoms with Crippen LogP contribution in [0.3, 0.4) is 0 Å². The van der Waals surface area contributed by atoms with E-state index in [0.717, 1.165) is 18.0 Å². The van der Waals surface area contributed by atoms with E-state index < -0.39 is 10.0 Å². The first-order chi connectivity index (χ1) is 8.34. The second-order valence-corrected chi connectivity index (χ2v) is 6.71. The predicted octanol–water partition coefficient (Wildman–Crippen LogP) is 1.33. The van der Waals surface area contributed by atoms with Crippen molar-refractivity contribution in [3.63, 3.8) is 0 Å². The van der Waals surface area contributed by atoms with E-state index in [-0.39, 0.29) is 4.90 Å². The Kier molecular flexibility index (Phi) is 5.30. The molecule has 0 bridgehead atoms. The van der Waals surface area contributed by atoms with Crippen molar-refractivity contribution in [3.05, 3.63) is 18.2 Å². The molecule has 1 aromatic rings. The van der Waals surface area contributed by atoms with Gasteiger partial charge in [0.2, 0.25) is 10.0 Å². The van der Waals surface area contributed by atoms with E-state index >= 15 is 0 Å². The number of primary sulfonamides is 1. The number of anilines is 2. The Morgan fingerprint density at radius 2 is 2.11 bits per heavy atom. The lowest BCUT2D eigenvalue weighted by atomic mass is 10.2. The van der Waals surface area contributed by atoms with Gasteiger partial charge in [-0.3, -0.25) is 0 Å². The zero-order valence-electron chi connectivity index (χ0n) is 10.5. The molecule has 0 saturated heterocycles. The molecule has 0 spiro atoms. The van der Waals surface area contributed by atoms with Crippen LogP contribution in [-0.2, 0) is 10.0 Å². The van der Waals surface area contributed by atoms with E-state index in [1.807, 2.05) is 0 Å². The molecule has 5 N–H and O–H groups in total. The van der Waals surface area contributed by atoms with Crippen molar-refractivity contribution in [1.82, 2.24) is 0 Å². The lowest BCUT2D eigenvalue weighted by molar-refractivity contribution is 0.598. The average molecular weight is 289 g/mol. The van der Waals surface area contributed by atoms with Crippen LogP contribution in [0.5, 0.6) is 0 Å².